The van der Waals surface area contributed by atoms with Gasteiger partial charge in [0.05, 0.1) is 28.6 Å². The van der Waals surface area contributed by atoms with Crippen LogP contribution in [0.5, 0.6) is 5.75 Å². The maximum Gasteiger partial charge on any atom is 0.404 e. The summed E-state index contributed by atoms with van der Waals surface area (Å²) in [4.78, 5) is 27.9. The van der Waals surface area contributed by atoms with Gasteiger partial charge in [0, 0.05) is 24.7 Å². The minimum Gasteiger partial charge on any atom is -0.491 e. The fraction of sp³-hybridized carbons (Fsp3) is 0.381. The Bertz CT molecular complexity index is 1190. The number of hydrogen-bond donors (Lipinski definition) is 2. The van der Waals surface area contributed by atoms with Gasteiger partial charge in [0.25, 0.3) is 5.56 Å². The van der Waals surface area contributed by atoms with E-state index in [1.165, 1.54) is 4.57 Å². The first-order valence-electron chi connectivity index (χ1n) is 9.56. The summed E-state index contributed by atoms with van der Waals surface area (Å²) in [6.45, 7) is 2.46. The van der Waals surface area contributed by atoms with E-state index in [0.717, 1.165) is 17.7 Å². The van der Waals surface area contributed by atoms with E-state index in [1.54, 1.807) is 44.4 Å². The number of halogens is 3. The summed E-state index contributed by atoms with van der Waals surface area (Å²) in [7, 11) is 1.61. The molecule has 0 saturated carbocycles. The Hall–Kier alpha value is -3.30. The maximum absolute atomic E-state index is 12.9. The van der Waals surface area contributed by atoms with E-state index in [2.05, 4.69) is 10.3 Å². The van der Waals surface area contributed by atoms with E-state index in [0.29, 0.717) is 22.3 Å². The summed E-state index contributed by atoms with van der Waals surface area (Å²) < 4.78 is 45.7. The smallest absolute Gasteiger partial charge is 0.404 e. The van der Waals surface area contributed by atoms with Gasteiger partial charge >= 0.3 is 12.3 Å². The number of fused-ring (bicyclic) bond motifs is 3. The number of amides is 1. The first-order valence-corrected chi connectivity index (χ1v) is 9.56. The van der Waals surface area contributed by atoms with Crippen molar-refractivity contribution in [2.45, 2.75) is 32.5 Å². The van der Waals surface area contributed by atoms with Crippen LogP contribution >= 0.6 is 0 Å². The van der Waals surface area contributed by atoms with Crippen LogP contribution in [0.3, 0.4) is 0 Å². The number of rotatable bonds is 6. The van der Waals surface area contributed by atoms with Crippen LogP contribution < -0.4 is 15.6 Å². The van der Waals surface area contributed by atoms with Crippen LogP contribution in [0.25, 0.3) is 21.7 Å². The van der Waals surface area contributed by atoms with Crippen LogP contribution in [0.4, 0.5) is 18.0 Å². The molecular formula is C21H22F3N3O4. The van der Waals surface area contributed by atoms with E-state index in [1.807, 2.05) is 0 Å². The molecule has 10 heteroatoms. The van der Waals surface area contributed by atoms with Gasteiger partial charge < -0.3 is 19.7 Å². The van der Waals surface area contributed by atoms with Gasteiger partial charge in [-0.15, -0.1) is 0 Å². The molecule has 31 heavy (non-hydrogen) atoms. The summed E-state index contributed by atoms with van der Waals surface area (Å²) in [6, 6.07) is 5.69. The molecule has 2 unspecified atom stereocenters. The van der Waals surface area contributed by atoms with Gasteiger partial charge in [0.2, 0.25) is 0 Å². The molecule has 0 aliphatic carbocycles. The second-order valence-electron chi connectivity index (χ2n) is 7.50. The normalized spacial score (nSPS) is 13.9. The summed E-state index contributed by atoms with van der Waals surface area (Å²) in [5.41, 5.74) is 0.961. The topological polar surface area (TPSA) is 93.5 Å². The third kappa shape index (κ3) is 4.73. The molecule has 1 amide bonds. The van der Waals surface area contributed by atoms with Crippen molar-refractivity contribution in [3.05, 3.63) is 46.5 Å². The zero-order valence-electron chi connectivity index (χ0n) is 17.2. The Labute approximate surface area is 175 Å². The maximum atomic E-state index is 12.9. The number of carbonyl (C=O) groups is 1. The van der Waals surface area contributed by atoms with Crippen molar-refractivity contribution in [1.29, 1.82) is 0 Å². The van der Waals surface area contributed by atoms with Crippen molar-refractivity contribution in [3.8, 4) is 5.75 Å². The Balaban J connectivity index is 1.91. The quantitative estimate of drug-likeness (QED) is 0.569. The largest absolute Gasteiger partial charge is 0.491 e. The number of carboxylic acid groups (broad SMARTS) is 1. The lowest BCUT2D eigenvalue weighted by Crippen LogP contribution is -2.41. The molecule has 3 rings (SSSR count). The van der Waals surface area contributed by atoms with Crippen LogP contribution in [0, 0.1) is 12.8 Å². The third-order valence-electron chi connectivity index (χ3n) is 5.26. The number of hydrogen-bond acceptors (Lipinski definition) is 4. The van der Waals surface area contributed by atoms with Crippen molar-refractivity contribution in [2.75, 3.05) is 6.61 Å². The highest BCUT2D eigenvalue weighted by Crippen LogP contribution is 2.30. The fourth-order valence-electron chi connectivity index (χ4n) is 3.54. The van der Waals surface area contributed by atoms with Gasteiger partial charge in [0.15, 0.2) is 0 Å². The Morgan fingerprint density at radius 3 is 2.65 bits per heavy atom. The Kier molecular flexibility index (Phi) is 6.10. The lowest BCUT2D eigenvalue weighted by Gasteiger charge is -2.23. The fourth-order valence-corrected chi connectivity index (χ4v) is 3.54. The molecule has 3 aromatic rings. The molecule has 2 heterocycles. The van der Waals surface area contributed by atoms with Gasteiger partial charge in [-0.3, -0.25) is 9.78 Å². The second kappa shape index (κ2) is 8.44. The van der Waals surface area contributed by atoms with Crippen molar-refractivity contribution < 1.29 is 27.8 Å². The van der Waals surface area contributed by atoms with Gasteiger partial charge in [-0.2, -0.15) is 13.2 Å². The average molecular weight is 437 g/mol. The highest BCUT2D eigenvalue weighted by atomic mass is 19.4. The molecule has 0 spiro atoms. The molecule has 0 bridgehead atoms. The Morgan fingerprint density at radius 1 is 1.29 bits per heavy atom. The molecule has 166 valence electrons. The average Bonchev–Trinajstić information content (AvgIpc) is 2.68. The minimum atomic E-state index is -4.44. The number of benzene rings is 1. The van der Waals surface area contributed by atoms with Gasteiger partial charge in [0.1, 0.15) is 12.4 Å². The highest BCUT2D eigenvalue weighted by Gasteiger charge is 2.37. The number of nitrogens with one attached hydrogen (secondary N) is 1. The predicted octanol–water partition coefficient (Wildman–Crippen LogP) is 4.00. The van der Waals surface area contributed by atoms with E-state index >= 15 is 0 Å². The number of nitrogens with zero attached hydrogens (tertiary/aromatic N) is 2. The van der Waals surface area contributed by atoms with Gasteiger partial charge in [-0.05, 0) is 36.9 Å². The second-order valence-corrected chi connectivity index (χ2v) is 7.50. The molecule has 0 fully saturated rings. The molecular weight excluding hydrogens is 415 g/mol. The zero-order valence-corrected chi connectivity index (χ0v) is 17.2. The number of ether oxygens (including phenoxy) is 1. The number of pyridine rings is 2. The van der Waals surface area contributed by atoms with Crippen LogP contribution in [-0.2, 0) is 7.05 Å². The highest BCUT2D eigenvalue weighted by molar-refractivity contribution is 6.06. The first-order chi connectivity index (χ1) is 14.5. The van der Waals surface area contributed by atoms with Crippen molar-refractivity contribution >= 4 is 27.8 Å². The molecule has 0 saturated heterocycles. The van der Waals surface area contributed by atoms with E-state index in [4.69, 9.17) is 9.84 Å². The minimum absolute atomic E-state index is 0.227. The molecule has 1 aromatic carbocycles. The SMILES string of the molecule is Cc1nccc2c1c(=O)n(C)c1cc(OCC(CC(C)C(F)(F)F)NC(=O)O)ccc21. The van der Waals surface area contributed by atoms with E-state index in [-0.39, 0.29) is 12.2 Å². The van der Waals surface area contributed by atoms with Crippen LogP contribution in [0.15, 0.2) is 35.3 Å². The van der Waals surface area contributed by atoms with Crippen LogP contribution in [-0.4, -0.2) is 39.6 Å². The standard InChI is InChI=1S/C21H22F3N3O4/c1-11(21(22,23)24)8-13(26-20(29)30)10-31-14-4-5-15-16-6-7-25-12(2)18(16)19(28)27(3)17(15)9-14/h4-7,9,11,13,26H,8,10H2,1-3H3,(H,29,30). The molecule has 2 N–H and O–H groups in total. The van der Waals surface area contributed by atoms with E-state index in [9.17, 15) is 22.8 Å². The molecule has 2 aromatic heterocycles. The molecule has 0 aliphatic rings. The number of alkyl halides is 3. The van der Waals surface area contributed by atoms with Crippen molar-refractivity contribution in [1.82, 2.24) is 14.9 Å². The van der Waals surface area contributed by atoms with E-state index < -0.39 is 30.7 Å². The molecule has 0 aliphatic heterocycles. The van der Waals surface area contributed by atoms with Crippen LogP contribution in [0.2, 0.25) is 0 Å². The molecule has 2 atom stereocenters. The lowest BCUT2D eigenvalue weighted by molar-refractivity contribution is -0.172. The lowest BCUT2D eigenvalue weighted by atomic mass is 10.0. The van der Waals surface area contributed by atoms with Crippen molar-refractivity contribution in [2.24, 2.45) is 13.0 Å². The number of aromatic nitrogens is 2. The monoisotopic (exact) mass is 437 g/mol. The number of aryl methyl sites for hydroxylation is 2. The van der Waals surface area contributed by atoms with Crippen LogP contribution in [0.1, 0.15) is 19.0 Å². The van der Waals surface area contributed by atoms with Gasteiger partial charge in [-0.1, -0.05) is 6.92 Å². The molecule has 0 radical (unpaired) electrons. The van der Waals surface area contributed by atoms with Crippen molar-refractivity contribution in [3.63, 3.8) is 0 Å². The first kappa shape index (κ1) is 22.4. The predicted molar refractivity (Wildman–Crippen MR) is 110 cm³/mol. The zero-order chi connectivity index (χ0) is 22.9. The third-order valence-corrected chi connectivity index (χ3v) is 5.26. The summed E-state index contributed by atoms with van der Waals surface area (Å²) in [5.74, 6) is -1.39. The summed E-state index contributed by atoms with van der Waals surface area (Å²) in [6.07, 6.45) is -4.71. The Morgan fingerprint density at radius 2 is 2.00 bits per heavy atom. The van der Waals surface area contributed by atoms with Gasteiger partial charge in [-0.25, -0.2) is 4.79 Å². The summed E-state index contributed by atoms with van der Waals surface area (Å²) >= 11 is 0. The molecule has 7 nitrogen and oxygen atoms in total. The summed E-state index contributed by atoms with van der Waals surface area (Å²) in [5, 5.41) is 13.0.